The van der Waals surface area contributed by atoms with E-state index in [1.807, 2.05) is 6.92 Å². The van der Waals surface area contributed by atoms with Gasteiger partial charge < -0.3 is 14.7 Å². The minimum absolute atomic E-state index is 0.0550. The van der Waals surface area contributed by atoms with Gasteiger partial charge in [0.15, 0.2) is 5.76 Å². The number of ether oxygens (including phenoxy) is 1. The minimum Gasteiger partial charge on any atom is -0.503 e. The molecule has 0 saturated carbocycles. The van der Waals surface area contributed by atoms with Crippen molar-refractivity contribution < 1.29 is 14.6 Å². The van der Waals surface area contributed by atoms with E-state index in [4.69, 9.17) is 4.74 Å². The monoisotopic (exact) mass is 199 g/mol. The van der Waals surface area contributed by atoms with Gasteiger partial charge in [-0.3, -0.25) is 4.79 Å². The molecule has 1 N–H and O–H groups in total. The Labute approximate surface area is 84.2 Å². The third kappa shape index (κ3) is 2.26. The van der Waals surface area contributed by atoms with Crippen LogP contribution in [0, 0.1) is 0 Å². The van der Waals surface area contributed by atoms with Crippen LogP contribution in [0.1, 0.15) is 19.8 Å². The average molecular weight is 199 g/mol. The number of amides is 1. The van der Waals surface area contributed by atoms with Crippen LogP contribution in [0.3, 0.4) is 0 Å². The summed E-state index contributed by atoms with van der Waals surface area (Å²) in [4.78, 5) is 13.1. The highest BCUT2D eigenvalue weighted by molar-refractivity contribution is 5.93. The number of nitrogens with zero attached hydrogens (tertiary/aromatic N) is 1. The molecule has 0 fully saturated rings. The molecule has 1 aliphatic rings. The lowest BCUT2D eigenvalue weighted by Gasteiger charge is -2.22. The third-order valence-electron chi connectivity index (χ3n) is 2.40. The van der Waals surface area contributed by atoms with Crippen LogP contribution in [0.2, 0.25) is 0 Å². The van der Waals surface area contributed by atoms with E-state index in [1.54, 1.807) is 18.1 Å². The van der Waals surface area contributed by atoms with Gasteiger partial charge in [0.25, 0.3) is 5.91 Å². The second kappa shape index (κ2) is 5.00. The highest BCUT2D eigenvalue weighted by Crippen LogP contribution is 2.18. The quantitative estimate of drug-likeness (QED) is 0.674. The van der Waals surface area contributed by atoms with E-state index < -0.39 is 0 Å². The van der Waals surface area contributed by atoms with Crippen molar-refractivity contribution in [1.29, 1.82) is 0 Å². The van der Waals surface area contributed by atoms with E-state index in [-0.39, 0.29) is 17.7 Å². The van der Waals surface area contributed by atoms with Crippen molar-refractivity contribution in [3.05, 3.63) is 11.8 Å². The molecule has 14 heavy (non-hydrogen) atoms. The predicted octanol–water partition coefficient (Wildman–Crippen LogP) is 1.09. The molecule has 0 bridgehead atoms. The van der Waals surface area contributed by atoms with Gasteiger partial charge in [0, 0.05) is 20.3 Å². The molecular weight excluding hydrogens is 182 g/mol. The van der Waals surface area contributed by atoms with E-state index in [2.05, 4.69) is 0 Å². The lowest BCUT2D eigenvalue weighted by molar-refractivity contribution is -0.129. The zero-order chi connectivity index (χ0) is 10.6. The number of rotatable bonds is 5. The molecule has 1 unspecified atom stereocenters. The van der Waals surface area contributed by atoms with Crippen LogP contribution in [-0.4, -0.2) is 42.2 Å². The van der Waals surface area contributed by atoms with Crippen LogP contribution in [0.5, 0.6) is 0 Å². The first-order chi connectivity index (χ1) is 6.70. The molecule has 4 heteroatoms. The number of carbonyl (C=O) groups is 1. The van der Waals surface area contributed by atoms with E-state index in [0.29, 0.717) is 13.2 Å². The second-order valence-electron chi connectivity index (χ2n) is 3.37. The molecule has 0 aromatic carbocycles. The number of aliphatic hydroxyl groups excluding tert-OH is 1. The molecule has 0 radical (unpaired) electrons. The summed E-state index contributed by atoms with van der Waals surface area (Å²) in [6, 6.07) is 0.0550. The van der Waals surface area contributed by atoms with E-state index >= 15 is 0 Å². The van der Waals surface area contributed by atoms with Crippen molar-refractivity contribution in [3.63, 3.8) is 0 Å². The smallest absolute Gasteiger partial charge is 0.288 e. The fourth-order valence-corrected chi connectivity index (χ4v) is 1.63. The largest absolute Gasteiger partial charge is 0.503 e. The molecule has 0 saturated heterocycles. The Morgan fingerprint density at radius 1 is 1.64 bits per heavy atom. The molecule has 0 spiro atoms. The van der Waals surface area contributed by atoms with E-state index in [9.17, 15) is 9.90 Å². The van der Waals surface area contributed by atoms with Crippen LogP contribution in [-0.2, 0) is 9.53 Å². The fraction of sp³-hybridized carbons (Fsp3) is 0.700. The van der Waals surface area contributed by atoms with Crippen molar-refractivity contribution in [2.75, 3.05) is 20.3 Å². The summed E-state index contributed by atoms with van der Waals surface area (Å²) in [6.45, 7) is 3.28. The molecule has 0 aromatic rings. The molecule has 0 aromatic heterocycles. The lowest BCUT2D eigenvalue weighted by Crippen LogP contribution is -2.35. The second-order valence-corrected chi connectivity index (χ2v) is 3.37. The van der Waals surface area contributed by atoms with Crippen LogP contribution < -0.4 is 0 Å². The van der Waals surface area contributed by atoms with Gasteiger partial charge in [0.2, 0.25) is 0 Å². The van der Waals surface area contributed by atoms with Crippen molar-refractivity contribution in [2.24, 2.45) is 0 Å². The average Bonchev–Trinajstić information content (AvgIpc) is 2.45. The highest BCUT2D eigenvalue weighted by Gasteiger charge is 2.30. The number of aliphatic hydroxyl groups is 1. The molecule has 4 nitrogen and oxygen atoms in total. The first kappa shape index (κ1) is 11.0. The Kier molecular flexibility index (Phi) is 3.95. The van der Waals surface area contributed by atoms with E-state index in [0.717, 1.165) is 12.8 Å². The van der Waals surface area contributed by atoms with Gasteiger partial charge in [-0.15, -0.1) is 0 Å². The van der Waals surface area contributed by atoms with Gasteiger partial charge in [0.1, 0.15) is 0 Å². The summed E-state index contributed by atoms with van der Waals surface area (Å²) in [5.41, 5.74) is 0. The summed E-state index contributed by atoms with van der Waals surface area (Å²) in [5.74, 6) is -0.373. The van der Waals surface area contributed by atoms with Crippen LogP contribution in [0.4, 0.5) is 0 Å². The molecule has 1 heterocycles. The topological polar surface area (TPSA) is 49.8 Å². The Morgan fingerprint density at radius 3 is 2.93 bits per heavy atom. The molecule has 1 amide bonds. The summed E-state index contributed by atoms with van der Waals surface area (Å²) in [6.07, 6.45) is 3.26. The fourth-order valence-electron chi connectivity index (χ4n) is 1.63. The Bertz CT molecular complexity index is 238. The van der Waals surface area contributed by atoms with Gasteiger partial charge in [-0.05, 0) is 18.9 Å². The predicted molar refractivity (Wildman–Crippen MR) is 53.0 cm³/mol. The normalized spacial score (nSPS) is 21.6. The van der Waals surface area contributed by atoms with Gasteiger partial charge in [-0.2, -0.15) is 0 Å². The maximum Gasteiger partial charge on any atom is 0.288 e. The zero-order valence-corrected chi connectivity index (χ0v) is 8.69. The highest BCUT2D eigenvalue weighted by atomic mass is 16.5. The third-order valence-corrected chi connectivity index (χ3v) is 2.40. The Balaban J connectivity index is 2.47. The lowest BCUT2D eigenvalue weighted by atomic mass is 10.2. The molecule has 1 rings (SSSR count). The summed E-state index contributed by atoms with van der Waals surface area (Å²) in [5, 5.41) is 9.26. The summed E-state index contributed by atoms with van der Waals surface area (Å²) in [7, 11) is 1.64. The number of carbonyl (C=O) groups excluding carboxylic acids is 1. The van der Waals surface area contributed by atoms with Crippen molar-refractivity contribution in [1.82, 2.24) is 4.90 Å². The van der Waals surface area contributed by atoms with Gasteiger partial charge in [-0.25, -0.2) is 0 Å². The molecule has 0 aliphatic carbocycles. The summed E-state index contributed by atoms with van der Waals surface area (Å²) < 4.78 is 4.92. The Morgan fingerprint density at radius 2 is 2.36 bits per heavy atom. The van der Waals surface area contributed by atoms with Gasteiger partial charge in [0.05, 0.1) is 6.04 Å². The van der Waals surface area contributed by atoms with Crippen LogP contribution >= 0.6 is 0 Å². The molecular formula is C10H17NO3. The maximum atomic E-state index is 11.4. The van der Waals surface area contributed by atoms with Gasteiger partial charge in [-0.1, -0.05) is 6.92 Å². The number of hydrogen-bond donors (Lipinski definition) is 1. The van der Waals surface area contributed by atoms with Crippen LogP contribution in [0.15, 0.2) is 11.8 Å². The standard InChI is InChI=1S/C10H17NO3/c1-3-8-7-9(12)10(13)11(8)5-4-6-14-2/h7-8,12H,3-6H2,1-2H3. The van der Waals surface area contributed by atoms with Crippen molar-refractivity contribution in [3.8, 4) is 0 Å². The number of methoxy groups -OCH3 is 1. The molecule has 1 aliphatic heterocycles. The SMILES string of the molecule is CCC1C=C(O)C(=O)N1CCCOC. The Hall–Kier alpha value is -1.03. The van der Waals surface area contributed by atoms with Crippen molar-refractivity contribution >= 4 is 5.91 Å². The van der Waals surface area contributed by atoms with E-state index in [1.165, 1.54) is 0 Å². The zero-order valence-electron chi connectivity index (χ0n) is 8.69. The number of hydrogen-bond acceptors (Lipinski definition) is 3. The maximum absolute atomic E-state index is 11.4. The minimum atomic E-state index is -0.257. The molecule has 80 valence electrons. The summed E-state index contributed by atoms with van der Waals surface area (Å²) >= 11 is 0. The first-order valence-corrected chi connectivity index (χ1v) is 4.91. The van der Waals surface area contributed by atoms with Crippen molar-refractivity contribution in [2.45, 2.75) is 25.8 Å². The van der Waals surface area contributed by atoms with Gasteiger partial charge >= 0.3 is 0 Å². The molecule has 1 atom stereocenters. The first-order valence-electron chi connectivity index (χ1n) is 4.91. The van der Waals surface area contributed by atoms with Crippen LogP contribution in [0.25, 0.3) is 0 Å².